The molecular weight excluding hydrogens is 352 g/mol. The van der Waals surface area contributed by atoms with Gasteiger partial charge in [0.2, 0.25) is 0 Å². The van der Waals surface area contributed by atoms with Gasteiger partial charge in [-0.3, -0.25) is 4.98 Å². The Labute approximate surface area is 137 Å². The van der Waals surface area contributed by atoms with Gasteiger partial charge >= 0.3 is 0 Å². The largest absolute Gasteiger partial charge is 0.388 e. The molecule has 0 aliphatic heterocycles. The van der Waals surface area contributed by atoms with Crippen LogP contribution >= 0.6 is 27.5 Å². The molecule has 0 fully saturated rings. The molecule has 2 aromatic rings. The summed E-state index contributed by atoms with van der Waals surface area (Å²) in [7, 11) is 0. The van der Waals surface area contributed by atoms with Crippen molar-refractivity contribution in [2.45, 2.75) is 25.0 Å². The van der Waals surface area contributed by atoms with Crippen LogP contribution in [0.5, 0.6) is 0 Å². The van der Waals surface area contributed by atoms with Gasteiger partial charge in [-0.1, -0.05) is 35.9 Å². The molecule has 0 amide bonds. The van der Waals surface area contributed by atoms with Crippen molar-refractivity contribution < 1.29 is 5.11 Å². The van der Waals surface area contributed by atoms with Gasteiger partial charge in [0.05, 0.1) is 16.3 Å². The summed E-state index contributed by atoms with van der Waals surface area (Å²) in [6, 6.07) is 10.0. The van der Waals surface area contributed by atoms with Crippen LogP contribution in [0.3, 0.4) is 0 Å². The van der Waals surface area contributed by atoms with Gasteiger partial charge in [0.1, 0.15) is 0 Å². The summed E-state index contributed by atoms with van der Waals surface area (Å²) in [5, 5.41) is 14.6. The third kappa shape index (κ3) is 3.46. The Morgan fingerprint density at radius 1 is 1.29 bits per heavy atom. The lowest BCUT2D eigenvalue weighted by molar-refractivity contribution is 0.0509. The Morgan fingerprint density at radius 3 is 2.57 bits per heavy atom. The van der Waals surface area contributed by atoms with E-state index in [1.807, 2.05) is 18.2 Å². The highest BCUT2D eigenvalue weighted by atomic mass is 79.9. The number of benzene rings is 1. The zero-order valence-corrected chi connectivity index (χ0v) is 13.8. The molecule has 2 N–H and O–H groups in total. The van der Waals surface area contributed by atoms with E-state index >= 15 is 0 Å². The average molecular weight is 368 g/mol. The molecule has 5 heteroatoms. The minimum Gasteiger partial charge on any atom is -0.388 e. The van der Waals surface area contributed by atoms with E-state index < -0.39 is 5.60 Å². The van der Waals surface area contributed by atoms with Crippen LogP contribution in [0.1, 0.15) is 16.8 Å². The summed E-state index contributed by atoms with van der Waals surface area (Å²) in [5.41, 5.74) is 2.67. The second-order valence-electron chi connectivity index (χ2n) is 5.53. The van der Waals surface area contributed by atoms with Crippen molar-refractivity contribution in [1.82, 2.24) is 10.3 Å². The topological polar surface area (TPSA) is 45.1 Å². The third-order valence-electron chi connectivity index (χ3n) is 3.79. The first kappa shape index (κ1) is 15.0. The maximum absolute atomic E-state index is 10.7. The predicted molar refractivity (Wildman–Crippen MR) is 87.5 cm³/mol. The highest BCUT2D eigenvalue weighted by molar-refractivity contribution is 9.10. The van der Waals surface area contributed by atoms with E-state index in [0.717, 1.165) is 10.2 Å². The van der Waals surface area contributed by atoms with Crippen LogP contribution in [-0.2, 0) is 19.4 Å². The number of aliphatic hydroxyl groups is 1. The van der Waals surface area contributed by atoms with Crippen molar-refractivity contribution in [2.75, 3.05) is 6.54 Å². The number of nitrogens with zero attached hydrogens (tertiary/aromatic N) is 1. The number of rotatable bonds is 4. The van der Waals surface area contributed by atoms with E-state index in [4.69, 9.17) is 11.6 Å². The summed E-state index contributed by atoms with van der Waals surface area (Å²) < 4.78 is 0.879. The maximum atomic E-state index is 10.7. The summed E-state index contributed by atoms with van der Waals surface area (Å²) in [4.78, 5) is 4.28. The monoisotopic (exact) mass is 366 g/mol. The van der Waals surface area contributed by atoms with Crippen molar-refractivity contribution >= 4 is 27.5 Å². The van der Waals surface area contributed by atoms with Crippen molar-refractivity contribution in [3.8, 4) is 0 Å². The van der Waals surface area contributed by atoms with E-state index in [1.165, 1.54) is 11.1 Å². The second-order valence-corrected chi connectivity index (χ2v) is 6.82. The van der Waals surface area contributed by atoms with Crippen LogP contribution in [0, 0.1) is 0 Å². The van der Waals surface area contributed by atoms with Crippen molar-refractivity contribution in [3.05, 3.63) is 62.8 Å². The minimum absolute atomic E-state index is 0.540. The molecule has 1 aromatic carbocycles. The lowest BCUT2D eigenvalue weighted by Gasteiger charge is -2.22. The van der Waals surface area contributed by atoms with Crippen LogP contribution < -0.4 is 5.32 Å². The standard InChI is InChI=1S/C16H16BrClN2O/c17-14-5-13(18)8-20-15(14)9-19-10-16(21)6-11-3-1-2-4-12(11)7-16/h1-5,8,19,21H,6-7,9-10H2. The van der Waals surface area contributed by atoms with E-state index in [-0.39, 0.29) is 0 Å². The number of hydrogen-bond acceptors (Lipinski definition) is 3. The van der Waals surface area contributed by atoms with Crippen LogP contribution in [0.4, 0.5) is 0 Å². The molecule has 0 radical (unpaired) electrons. The quantitative estimate of drug-likeness (QED) is 0.873. The summed E-state index contributed by atoms with van der Waals surface area (Å²) in [6.07, 6.45) is 3.03. The van der Waals surface area contributed by atoms with Gasteiger partial charge in [-0.15, -0.1) is 0 Å². The normalized spacial score (nSPS) is 16.0. The van der Waals surface area contributed by atoms with Gasteiger partial charge in [0.25, 0.3) is 0 Å². The maximum Gasteiger partial charge on any atom is 0.0852 e. The third-order valence-corrected chi connectivity index (χ3v) is 4.68. The van der Waals surface area contributed by atoms with E-state index in [0.29, 0.717) is 31.0 Å². The van der Waals surface area contributed by atoms with Gasteiger partial charge in [0.15, 0.2) is 0 Å². The lowest BCUT2D eigenvalue weighted by Crippen LogP contribution is -2.41. The Kier molecular flexibility index (Phi) is 4.31. The van der Waals surface area contributed by atoms with E-state index in [1.54, 1.807) is 6.20 Å². The molecule has 1 aromatic heterocycles. The van der Waals surface area contributed by atoms with Gasteiger partial charge in [-0.05, 0) is 33.1 Å². The van der Waals surface area contributed by atoms with Gasteiger partial charge in [0, 0.05) is 36.6 Å². The first-order chi connectivity index (χ1) is 10.1. The highest BCUT2D eigenvalue weighted by Crippen LogP contribution is 2.29. The molecule has 21 heavy (non-hydrogen) atoms. The molecule has 0 saturated carbocycles. The van der Waals surface area contributed by atoms with Crippen LogP contribution in [0.2, 0.25) is 5.02 Å². The Morgan fingerprint density at radius 2 is 1.95 bits per heavy atom. The number of pyridine rings is 1. The fraction of sp³-hybridized carbons (Fsp3) is 0.312. The van der Waals surface area contributed by atoms with Crippen molar-refractivity contribution in [3.63, 3.8) is 0 Å². The Balaban J connectivity index is 1.59. The SMILES string of the molecule is OC1(CNCc2ncc(Cl)cc2Br)Cc2ccccc2C1. The number of halogens is 2. The summed E-state index contributed by atoms with van der Waals surface area (Å²) in [5.74, 6) is 0. The fourth-order valence-electron chi connectivity index (χ4n) is 2.79. The van der Waals surface area contributed by atoms with Crippen molar-refractivity contribution in [1.29, 1.82) is 0 Å². The minimum atomic E-state index is -0.706. The smallest absolute Gasteiger partial charge is 0.0852 e. The molecule has 110 valence electrons. The molecule has 0 atom stereocenters. The summed E-state index contributed by atoms with van der Waals surface area (Å²) in [6.45, 7) is 1.13. The predicted octanol–water partition coefficient (Wildman–Crippen LogP) is 3.12. The van der Waals surface area contributed by atoms with Gasteiger partial charge in [-0.25, -0.2) is 0 Å². The van der Waals surface area contributed by atoms with Crippen LogP contribution in [-0.4, -0.2) is 22.2 Å². The molecule has 0 unspecified atom stereocenters. The molecule has 1 aliphatic carbocycles. The molecule has 0 bridgehead atoms. The number of nitrogens with one attached hydrogen (secondary N) is 1. The molecule has 3 nitrogen and oxygen atoms in total. The molecular formula is C16H16BrClN2O. The molecule has 1 heterocycles. The zero-order valence-electron chi connectivity index (χ0n) is 11.4. The average Bonchev–Trinajstić information content (AvgIpc) is 2.77. The molecule has 0 saturated heterocycles. The summed E-state index contributed by atoms with van der Waals surface area (Å²) >= 11 is 9.32. The van der Waals surface area contributed by atoms with E-state index in [2.05, 4.69) is 38.4 Å². The second kappa shape index (κ2) is 6.05. The zero-order chi connectivity index (χ0) is 14.9. The van der Waals surface area contributed by atoms with Gasteiger partial charge in [-0.2, -0.15) is 0 Å². The van der Waals surface area contributed by atoms with E-state index in [9.17, 15) is 5.11 Å². The number of fused-ring (bicyclic) bond motifs is 1. The Bertz CT molecular complexity index is 637. The Hall–Kier alpha value is -0.940. The van der Waals surface area contributed by atoms with Gasteiger partial charge < -0.3 is 10.4 Å². The molecule has 3 rings (SSSR count). The van der Waals surface area contributed by atoms with Crippen molar-refractivity contribution in [2.24, 2.45) is 0 Å². The number of hydrogen-bond donors (Lipinski definition) is 2. The first-order valence-electron chi connectivity index (χ1n) is 6.86. The van der Waals surface area contributed by atoms with Crippen LogP contribution in [0.25, 0.3) is 0 Å². The van der Waals surface area contributed by atoms with Crippen LogP contribution in [0.15, 0.2) is 41.0 Å². The molecule has 0 spiro atoms. The number of aromatic nitrogens is 1. The lowest BCUT2D eigenvalue weighted by atomic mass is 10.0. The first-order valence-corrected chi connectivity index (χ1v) is 8.03. The fourth-order valence-corrected chi connectivity index (χ4v) is 3.56. The molecule has 1 aliphatic rings. The highest BCUT2D eigenvalue weighted by Gasteiger charge is 2.34.